The summed E-state index contributed by atoms with van der Waals surface area (Å²) in [4.78, 5) is 11.6. The Kier molecular flexibility index (Phi) is 2.70. The van der Waals surface area contributed by atoms with E-state index in [0.29, 0.717) is 11.4 Å². The molecule has 0 bridgehead atoms. The Balaban J connectivity index is 2.52. The van der Waals surface area contributed by atoms with Gasteiger partial charge in [-0.2, -0.15) is 4.68 Å². The second kappa shape index (κ2) is 4.17. The Hall–Kier alpha value is -2.50. The second-order valence-electron chi connectivity index (χ2n) is 3.36. The van der Waals surface area contributed by atoms with E-state index in [9.17, 15) is 9.90 Å². The van der Waals surface area contributed by atoms with Crippen LogP contribution in [0.15, 0.2) is 35.1 Å². The quantitative estimate of drug-likeness (QED) is 0.789. The van der Waals surface area contributed by atoms with Gasteiger partial charge in [0.2, 0.25) is 0 Å². The molecule has 0 aliphatic carbocycles. The first-order valence-electron chi connectivity index (χ1n) is 4.85. The van der Waals surface area contributed by atoms with Crippen LogP contribution in [0.4, 0.5) is 5.82 Å². The predicted octanol–water partition coefficient (Wildman–Crippen LogP) is 0.529. The number of aromatic hydroxyl groups is 1. The fourth-order valence-electron chi connectivity index (χ4n) is 1.37. The molecule has 1 aromatic carbocycles. The maximum absolute atomic E-state index is 11.6. The largest absolute Gasteiger partial charge is 0.504 e. The van der Waals surface area contributed by atoms with Crippen LogP contribution in [0.25, 0.3) is 5.69 Å². The zero-order valence-corrected chi connectivity index (χ0v) is 9.12. The number of hydrogen-bond donors (Lipinski definition) is 2. The van der Waals surface area contributed by atoms with Gasteiger partial charge in [0.05, 0.1) is 18.9 Å². The van der Waals surface area contributed by atoms with Gasteiger partial charge >= 0.3 is 0 Å². The van der Waals surface area contributed by atoms with E-state index >= 15 is 0 Å². The van der Waals surface area contributed by atoms with Crippen molar-refractivity contribution in [2.45, 2.75) is 0 Å². The van der Waals surface area contributed by atoms with E-state index in [1.807, 2.05) is 0 Å². The number of nitrogens with zero attached hydrogens (tertiary/aromatic N) is 2. The first-order chi connectivity index (χ1) is 8.11. The molecule has 0 amide bonds. The van der Waals surface area contributed by atoms with Crippen LogP contribution >= 0.6 is 0 Å². The molecule has 6 nitrogen and oxygen atoms in total. The highest BCUT2D eigenvalue weighted by atomic mass is 16.5. The van der Waals surface area contributed by atoms with Crippen LogP contribution in [-0.2, 0) is 0 Å². The van der Waals surface area contributed by atoms with Crippen LogP contribution in [0.5, 0.6) is 11.5 Å². The van der Waals surface area contributed by atoms with E-state index in [2.05, 4.69) is 5.10 Å². The minimum Gasteiger partial charge on any atom is -0.504 e. The van der Waals surface area contributed by atoms with Crippen LogP contribution < -0.4 is 16.0 Å². The second-order valence-corrected chi connectivity index (χ2v) is 3.36. The molecule has 2 aromatic rings. The third kappa shape index (κ3) is 2.05. The molecule has 17 heavy (non-hydrogen) atoms. The summed E-state index contributed by atoms with van der Waals surface area (Å²) in [5.74, 6) is 0.258. The standard InChI is InChI=1S/C11H11N3O3/c1-17-8-4-2-7(3-5-8)14-10(16)6-9(15)11(12)13-14/h2-6,15H,1H3,(H2,12,13). The molecule has 0 aliphatic heterocycles. The van der Waals surface area contributed by atoms with Crippen molar-refractivity contribution in [2.75, 3.05) is 12.8 Å². The number of benzene rings is 1. The molecular formula is C11H11N3O3. The number of hydrogen-bond acceptors (Lipinski definition) is 5. The van der Waals surface area contributed by atoms with Gasteiger partial charge in [-0.25, -0.2) is 0 Å². The van der Waals surface area contributed by atoms with Crippen LogP contribution in [0.2, 0.25) is 0 Å². The van der Waals surface area contributed by atoms with E-state index < -0.39 is 5.56 Å². The van der Waals surface area contributed by atoms with Gasteiger partial charge in [0.25, 0.3) is 5.56 Å². The predicted molar refractivity (Wildman–Crippen MR) is 62.5 cm³/mol. The first kappa shape index (κ1) is 11.0. The number of nitrogens with two attached hydrogens (primary N) is 1. The minimum absolute atomic E-state index is 0.0968. The number of methoxy groups -OCH3 is 1. The van der Waals surface area contributed by atoms with Gasteiger partial charge < -0.3 is 15.6 Å². The van der Waals surface area contributed by atoms with Crippen molar-refractivity contribution < 1.29 is 9.84 Å². The van der Waals surface area contributed by atoms with E-state index in [1.54, 1.807) is 31.4 Å². The van der Waals surface area contributed by atoms with Gasteiger partial charge in [0.1, 0.15) is 5.75 Å². The maximum atomic E-state index is 11.6. The zero-order valence-electron chi connectivity index (χ0n) is 9.12. The first-order valence-corrected chi connectivity index (χ1v) is 4.85. The molecule has 0 atom stereocenters. The average Bonchev–Trinajstić information content (AvgIpc) is 2.34. The number of nitrogen functional groups attached to an aromatic ring is 1. The van der Waals surface area contributed by atoms with Crippen LogP contribution in [-0.4, -0.2) is 22.0 Å². The van der Waals surface area contributed by atoms with Crippen molar-refractivity contribution in [3.8, 4) is 17.2 Å². The highest BCUT2D eigenvalue weighted by molar-refractivity contribution is 5.44. The molecule has 0 unspecified atom stereocenters. The summed E-state index contributed by atoms with van der Waals surface area (Å²) in [6.07, 6.45) is 0. The molecule has 2 rings (SSSR count). The fraction of sp³-hybridized carbons (Fsp3) is 0.0909. The highest BCUT2D eigenvalue weighted by Gasteiger charge is 2.06. The van der Waals surface area contributed by atoms with E-state index in [4.69, 9.17) is 10.5 Å². The lowest BCUT2D eigenvalue weighted by Gasteiger charge is -2.06. The average molecular weight is 233 g/mol. The van der Waals surface area contributed by atoms with Crippen molar-refractivity contribution in [1.29, 1.82) is 0 Å². The third-order valence-electron chi connectivity index (χ3n) is 2.26. The molecule has 0 fully saturated rings. The monoisotopic (exact) mass is 233 g/mol. The Morgan fingerprint density at radius 2 is 2.00 bits per heavy atom. The molecule has 1 heterocycles. The molecule has 0 aliphatic rings. The zero-order chi connectivity index (χ0) is 12.4. The summed E-state index contributed by atoms with van der Waals surface area (Å²) >= 11 is 0. The van der Waals surface area contributed by atoms with Crippen LogP contribution in [0.3, 0.4) is 0 Å². The number of rotatable bonds is 2. The van der Waals surface area contributed by atoms with Crippen molar-refractivity contribution in [3.63, 3.8) is 0 Å². The molecule has 6 heteroatoms. The summed E-state index contributed by atoms with van der Waals surface area (Å²) in [7, 11) is 1.55. The molecule has 0 saturated heterocycles. The molecule has 1 aromatic heterocycles. The number of anilines is 1. The van der Waals surface area contributed by atoms with Crippen LogP contribution in [0, 0.1) is 0 Å². The van der Waals surface area contributed by atoms with Gasteiger partial charge in [-0.15, -0.1) is 5.10 Å². The van der Waals surface area contributed by atoms with E-state index in [0.717, 1.165) is 10.7 Å². The molecule has 0 radical (unpaired) electrons. The highest BCUT2D eigenvalue weighted by Crippen LogP contribution is 2.16. The Labute approximate surface area is 96.9 Å². The lowest BCUT2D eigenvalue weighted by Crippen LogP contribution is -2.21. The van der Waals surface area contributed by atoms with Crippen molar-refractivity contribution >= 4 is 5.82 Å². The van der Waals surface area contributed by atoms with Gasteiger partial charge in [0.15, 0.2) is 11.6 Å². The van der Waals surface area contributed by atoms with Gasteiger partial charge in [-0.3, -0.25) is 4.79 Å². The Morgan fingerprint density at radius 3 is 2.59 bits per heavy atom. The Morgan fingerprint density at radius 1 is 1.35 bits per heavy atom. The molecule has 3 N–H and O–H groups in total. The fourth-order valence-corrected chi connectivity index (χ4v) is 1.37. The third-order valence-corrected chi connectivity index (χ3v) is 2.26. The lowest BCUT2D eigenvalue weighted by molar-refractivity contribution is 0.414. The van der Waals surface area contributed by atoms with E-state index in [1.165, 1.54) is 0 Å². The van der Waals surface area contributed by atoms with Gasteiger partial charge in [-0.1, -0.05) is 0 Å². The van der Waals surface area contributed by atoms with Crippen molar-refractivity contribution in [3.05, 3.63) is 40.7 Å². The summed E-state index contributed by atoms with van der Waals surface area (Å²) in [5.41, 5.74) is 5.52. The normalized spacial score (nSPS) is 10.2. The molecule has 0 spiro atoms. The summed E-state index contributed by atoms with van der Waals surface area (Å²) in [6.45, 7) is 0. The number of ether oxygens (including phenoxy) is 1. The summed E-state index contributed by atoms with van der Waals surface area (Å²) < 4.78 is 6.11. The smallest absolute Gasteiger partial charge is 0.275 e. The van der Waals surface area contributed by atoms with Gasteiger partial charge in [0, 0.05) is 0 Å². The van der Waals surface area contributed by atoms with Crippen molar-refractivity contribution in [1.82, 2.24) is 9.78 Å². The minimum atomic E-state index is -0.457. The number of aromatic nitrogens is 2. The maximum Gasteiger partial charge on any atom is 0.275 e. The topological polar surface area (TPSA) is 90.4 Å². The summed E-state index contributed by atoms with van der Waals surface area (Å²) in [6, 6.07) is 7.76. The van der Waals surface area contributed by atoms with Gasteiger partial charge in [-0.05, 0) is 24.3 Å². The summed E-state index contributed by atoms with van der Waals surface area (Å²) in [5, 5.41) is 13.0. The van der Waals surface area contributed by atoms with Crippen molar-refractivity contribution in [2.24, 2.45) is 0 Å². The Bertz CT molecular complexity index is 590. The van der Waals surface area contributed by atoms with Crippen LogP contribution in [0.1, 0.15) is 0 Å². The molecule has 88 valence electrons. The SMILES string of the molecule is COc1ccc(-n2nc(N)c(O)cc2=O)cc1. The van der Waals surface area contributed by atoms with E-state index in [-0.39, 0.29) is 11.6 Å². The molecule has 0 saturated carbocycles. The lowest BCUT2D eigenvalue weighted by atomic mass is 10.3. The molecular weight excluding hydrogens is 222 g/mol.